The highest BCUT2D eigenvalue weighted by atomic mass is 28.4. The molecule has 8 rings (SSSR count). The highest BCUT2D eigenvalue weighted by molar-refractivity contribution is 6.99. The summed E-state index contributed by atoms with van der Waals surface area (Å²) in [6.07, 6.45) is 5.42. The van der Waals surface area contributed by atoms with Crippen molar-refractivity contribution >= 4 is 60.8 Å². The lowest BCUT2D eigenvalue weighted by molar-refractivity contribution is -0.122. The Morgan fingerprint density at radius 3 is 2.00 bits per heavy atom. The molecule has 0 saturated carbocycles. The van der Waals surface area contributed by atoms with Gasteiger partial charge in [0.05, 0.1) is 30.2 Å². The van der Waals surface area contributed by atoms with E-state index in [1.807, 2.05) is 78.9 Å². The number of imide groups is 1. The van der Waals surface area contributed by atoms with Crippen LogP contribution in [0, 0.1) is 17.8 Å². The molecule has 2 fully saturated rings. The maximum atomic E-state index is 14.8. The van der Waals surface area contributed by atoms with Crippen molar-refractivity contribution in [1.29, 1.82) is 0 Å². The van der Waals surface area contributed by atoms with E-state index in [0.29, 0.717) is 24.9 Å². The molecule has 0 radical (unpaired) electrons. The first-order chi connectivity index (χ1) is 30.0. The number of hydrogen-bond donors (Lipinski definition) is 3. The van der Waals surface area contributed by atoms with Crippen LogP contribution in [-0.4, -0.2) is 50.1 Å². The van der Waals surface area contributed by atoms with Gasteiger partial charge in [0.1, 0.15) is 5.75 Å². The number of fused-ring (bicyclic) bond motifs is 3. The van der Waals surface area contributed by atoms with E-state index in [4.69, 9.17) is 9.08 Å². The molecule has 2 saturated heterocycles. The Balaban J connectivity index is 1.17. The molecule has 0 unspecified atom stereocenters. The minimum absolute atomic E-state index is 0.216. The second-order valence-electron chi connectivity index (χ2n) is 18.0. The Hall–Kier alpha value is -5.52. The summed E-state index contributed by atoms with van der Waals surface area (Å²) in [5.41, 5.74) is 6.56. The van der Waals surface area contributed by atoms with Crippen molar-refractivity contribution in [3.05, 3.63) is 162 Å². The Morgan fingerprint density at radius 2 is 1.40 bits per heavy atom. The molecule has 0 aromatic heterocycles. The van der Waals surface area contributed by atoms with Crippen LogP contribution in [0.4, 0.5) is 17.1 Å². The van der Waals surface area contributed by atoms with Crippen LogP contribution in [0.5, 0.6) is 5.75 Å². The van der Waals surface area contributed by atoms with E-state index in [1.54, 1.807) is 12.1 Å². The maximum Gasteiger partial charge on any atom is 0.455 e. The molecule has 1 aliphatic carbocycles. The number of carbonyl (C=O) groups is 2. The van der Waals surface area contributed by atoms with Gasteiger partial charge in [0.15, 0.2) is 0 Å². The quantitative estimate of drug-likeness (QED) is 0.0581. The number of anilines is 3. The lowest BCUT2D eigenvalue weighted by Gasteiger charge is -2.46. The van der Waals surface area contributed by atoms with Gasteiger partial charge in [-0.3, -0.25) is 14.5 Å². The molecule has 2 amide bonds. The zero-order valence-electron chi connectivity index (χ0n) is 36.2. The van der Waals surface area contributed by atoms with Gasteiger partial charge in [-0.25, -0.2) is 0 Å². The number of phenols is 1. The number of hydrogen-bond acceptors (Lipinski definition) is 7. The van der Waals surface area contributed by atoms with E-state index in [1.165, 1.54) is 10.5 Å². The van der Waals surface area contributed by atoms with E-state index in [0.717, 1.165) is 51.3 Å². The summed E-state index contributed by atoms with van der Waals surface area (Å²) in [5.74, 6) is -1.88. The number of rotatable bonds is 14. The fourth-order valence-corrected chi connectivity index (χ4v) is 14.7. The number of aromatic hydroxyl groups is 1. The molecule has 8 nitrogen and oxygen atoms in total. The van der Waals surface area contributed by atoms with Gasteiger partial charge < -0.3 is 24.5 Å². The van der Waals surface area contributed by atoms with E-state index in [2.05, 4.69) is 87.6 Å². The largest absolute Gasteiger partial charge is 0.508 e. The van der Waals surface area contributed by atoms with Gasteiger partial charge in [-0.05, 0) is 119 Å². The van der Waals surface area contributed by atoms with Gasteiger partial charge in [0.2, 0.25) is 11.8 Å². The average molecular weight is 845 g/mol. The summed E-state index contributed by atoms with van der Waals surface area (Å²) in [6.45, 7) is 9.20. The third kappa shape index (κ3) is 8.75. The Kier molecular flexibility index (Phi) is 12.8. The van der Waals surface area contributed by atoms with Gasteiger partial charge in [-0.2, -0.15) is 0 Å². The normalized spacial score (nSPS) is 20.6. The summed E-state index contributed by atoms with van der Waals surface area (Å²) >= 11 is 0. The molecule has 3 aliphatic rings. The highest BCUT2D eigenvalue weighted by Gasteiger charge is 2.58. The lowest BCUT2D eigenvalue weighted by atomic mass is 9.58. The molecule has 5 aromatic carbocycles. The third-order valence-electron chi connectivity index (χ3n) is 12.9. The predicted octanol–water partition coefficient (Wildman–Crippen LogP) is 9.68. The average Bonchev–Trinajstić information content (AvgIpc) is 3.52. The van der Waals surface area contributed by atoms with Crippen LogP contribution in [0.3, 0.4) is 0 Å². The maximum absolute atomic E-state index is 14.8. The van der Waals surface area contributed by atoms with Crippen molar-refractivity contribution in [2.75, 3.05) is 16.8 Å². The summed E-state index contributed by atoms with van der Waals surface area (Å²) in [7, 11) is -4.10. The summed E-state index contributed by atoms with van der Waals surface area (Å²) in [6, 6.07) is 45.6. The van der Waals surface area contributed by atoms with Gasteiger partial charge in [-0.1, -0.05) is 137 Å². The number of amides is 2. The van der Waals surface area contributed by atoms with E-state index < -0.39 is 39.3 Å². The van der Waals surface area contributed by atoms with E-state index in [-0.39, 0.29) is 35.5 Å². The Labute approximate surface area is 367 Å². The minimum Gasteiger partial charge on any atom is -0.508 e. The first kappa shape index (κ1) is 43.1. The number of nitrogens with one attached hydrogen (secondary N) is 1. The number of para-hydroxylation sites is 1. The number of nitrogens with zero attached hydrogens (tertiary/aromatic N) is 1. The van der Waals surface area contributed by atoms with Gasteiger partial charge in [0.25, 0.3) is 8.32 Å². The molecule has 10 heteroatoms. The molecular formula is C52H57BN2O6Si. The summed E-state index contributed by atoms with van der Waals surface area (Å²) in [5, 5.41) is 26.8. The van der Waals surface area contributed by atoms with Crippen molar-refractivity contribution in [1.82, 2.24) is 0 Å². The SMILES string of the molecule is CCC/C(=C\c1ccc(O)cc1)CC[C@H]1OB(O)C[C@H]2C1=C(CO[Si](c1ccccc1)(c1ccccc1)C(C)(C)C)C[C@H]1C(=O)N(c3ccc(Nc4ccccc4)cc3)C(=O)[C@H]12. The van der Waals surface area contributed by atoms with Crippen molar-refractivity contribution in [2.45, 2.75) is 77.3 Å². The Morgan fingerprint density at radius 1 is 0.806 bits per heavy atom. The summed E-state index contributed by atoms with van der Waals surface area (Å²) < 4.78 is 14.1. The van der Waals surface area contributed by atoms with Crippen LogP contribution < -0.4 is 20.6 Å². The first-order valence-corrected chi connectivity index (χ1v) is 24.0. The fraction of sp³-hybridized carbons (Fsp3) is 0.308. The number of allylic oxidation sites excluding steroid dienone is 1. The molecule has 4 atom stereocenters. The molecule has 0 spiro atoms. The Bertz CT molecular complexity index is 2360. The van der Waals surface area contributed by atoms with Gasteiger partial charge >= 0.3 is 7.12 Å². The first-order valence-electron chi connectivity index (χ1n) is 22.1. The topological polar surface area (TPSA) is 108 Å². The molecule has 3 N–H and O–H groups in total. The fourth-order valence-electron chi connectivity index (χ4n) is 10.2. The number of phenolic OH excluding ortho intramolecular Hbond substituents is 1. The number of benzene rings is 5. The predicted molar refractivity (Wildman–Crippen MR) is 252 cm³/mol. The second-order valence-corrected chi connectivity index (χ2v) is 22.3. The molecular weight excluding hydrogens is 787 g/mol. The van der Waals surface area contributed by atoms with Crippen molar-refractivity contribution in [2.24, 2.45) is 17.8 Å². The van der Waals surface area contributed by atoms with Crippen molar-refractivity contribution in [3.63, 3.8) is 0 Å². The monoisotopic (exact) mass is 844 g/mol. The van der Waals surface area contributed by atoms with Crippen molar-refractivity contribution in [3.8, 4) is 5.75 Å². The summed E-state index contributed by atoms with van der Waals surface area (Å²) in [4.78, 5) is 30.9. The van der Waals surface area contributed by atoms with Crippen LogP contribution in [0.2, 0.25) is 11.4 Å². The zero-order chi connectivity index (χ0) is 43.4. The molecule has 0 bridgehead atoms. The van der Waals surface area contributed by atoms with Crippen LogP contribution >= 0.6 is 0 Å². The third-order valence-corrected chi connectivity index (χ3v) is 17.9. The standard InChI is InChI=1S/C52H57BN2O6Si/c1-5-15-36(32-37-22-29-42(56)30-23-37)24-31-47-48-38(35-60-62(52(2,3)4,43-18-11-7-12-19-43)44-20-13-8-14-21-44)33-45-49(46(48)34-53(59)61-47)51(58)55(50(45)57)41-27-25-40(26-28-41)54-39-16-9-6-10-17-39/h6-14,16-23,25-30,32,45-47,49,54,56,59H,5,15,24,31,33-35H2,1-4H3/b36-32+/t45-,46+,47-,49-/m1/s1. The zero-order valence-corrected chi connectivity index (χ0v) is 37.2. The highest BCUT2D eigenvalue weighted by Crippen LogP contribution is 2.52. The van der Waals surface area contributed by atoms with E-state index >= 15 is 0 Å². The van der Waals surface area contributed by atoms with Crippen LogP contribution in [0.1, 0.15) is 65.4 Å². The molecule has 62 heavy (non-hydrogen) atoms. The second kappa shape index (κ2) is 18.4. The minimum atomic E-state index is -3.00. The van der Waals surface area contributed by atoms with Gasteiger partial charge in [0, 0.05) is 11.4 Å². The van der Waals surface area contributed by atoms with Crippen LogP contribution in [0.25, 0.3) is 6.08 Å². The molecule has 5 aromatic rings. The van der Waals surface area contributed by atoms with Crippen LogP contribution in [-0.2, 0) is 18.7 Å². The van der Waals surface area contributed by atoms with Crippen molar-refractivity contribution < 1.29 is 28.8 Å². The van der Waals surface area contributed by atoms with Crippen LogP contribution in [0.15, 0.2) is 156 Å². The molecule has 2 aliphatic heterocycles. The molecule has 2 heterocycles. The number of carbonyl (C=O) groups excluding carboxylic acids is 2. The molecule has 318 valence electrons. The van der Waals surface area contributed by atoms with Gasteiger partial charge in [-0.15, -0.1) is 0 Å². The van der Waals surface area contributed by atoms with E-state index in [9.17, 15) is 19.7 Å². The lowest BCUT2D eigenvalue weighted by Crippen LogP contribution is -2.66. The smallest absolute Gasteiger partial charge is 0.455 e.